The Morgan fingerprint density at radius 1 is 1.33 bits per heavy atom. The summed E-state index contributed by atoms with van der Waals surface area (Å²) < 4.78 is 0. The van der Waals surface area contributed by atoms with E-state index in [1.54, 1.807) is 29.9 Å². The standard InChI is InChI=1S/C10H12N4S/c1-7-9(14-8(2)15-7)5-13-10-6-11-3-4-12-10/h3-4,6H,5H2,1-2H3,(H,12,13). The molecule has 0 atom stereocenters. The Hall–Kier alpha value is -1.49. The molecule has 0 unspecified atom stereocenters. The average Bonchev–Trinajstić information content (AvgIpc) is 2.56. The summed E-state index contributed by atoms with van der Waals surface area (Å²) in [4.78, 5) is 13.8. The fourth-order valence-corrected chi connectivity index (χ4v) is 2.14. The van der Waals surface area contributed by atoms with Crippen molar-refractivity contribution in [1.82, 2.24) is 15.0 Å². The second-order valence-electron chi connectivity index (χ2n) is 3.18. The molecule has 0 aliphatic carbocycles. The summed E-state index contributed by atoms with van der Waals surface area (Å²) in [6.45, 7) is 4.80. The third-order valence-electron chi connectivity index (χ3n) is 2.00. The summed E-state index contributed by atoms with van der Waals surface area (Å²) in [6.07, 6.45) is 5.03. The normalized spacial score (nSPS) is 10.3. The van der Waals surface area contributed by atoms with Gasteiger partial charge in [0.25, 0.3) is 0 Å². The summed E-state index contributed by atoms with van der Waals surface area (Å²) in [5.41, 5.74) is 1.09. The van der Waals surface area contributed by atoms with Crippen LogP contribution in [-0.2, 0) is 6.54 Å². The quantitative estimate of drug-likeness (QED) is 0.861. The Balaban J connectivity index is 2.02. The highest BCUT2D eigenvalue weighted by Gasteiger charge is 2.04. The van der Waals surface area contributed by atoms with E-state index in [1.807, 2.05) is 6.92 Å². The van der Waals surface area contributed by atoms with Crippen LogP contribution < -0.4 is 5.32 Å². The summed E-state index contributed by atoms with van der Waals surface area (Å²) in [5.74, 6) is 0.780. The maximum absolute atomic E-state index is 4.43. The van der Waals surface area contributed by atoms with Crippen LogP contribution >= 0.6 is 11.3 Å². The minimum atomic E-state index is 0.703. The van der Waals surface area contributed by atoms with Crippen LogP contribution in [0.2, 0.25) is 0 Å². The van der Waals surface area contributed by atoms with Gasteiger partial charge >= 0.3 is 0 Å². The van der Waals surface area contributed by atoms with Gasteiger partial charge in [0.1, 0.15) is 5.82 Å². The number of hydrogen-bond donors (Lipinski definition) is 1. The van der Waals surface area contributed by atoms with Gasteiger partial charge in [0.2, 0.25) is 0 Å². The number of nitrogens with zero attached hydrogens (tertiary/aromatic N) is 3. The highest BCUT2D eigenvalue weighted by atomic mass is 32.1. The molecule has 0 amide bonds. The van der Waals surface area contributed by atoms with E-state index in [0.717, 1.165) is 16.5 Å². The first kappa shape index (κ1) is 10.0. The highest BCUT2D eigenvalue weighted by molar-refractivity contribution is 7.11. The molecule has 0 aliphatic rings. The first-order valence-corrected chi connectivity index (χ1v) is 5.50. The number of anilines is 1. The molecule has 15 heavy (non-hydrogen) atoms. The van der Waals surface area contributed by atoms with Crippen LogP contribution in [0.25, 0.3) is 0 Å². The predicted molar refractivity (Wildman–Crippen MR) is 60.9 cm³/mol. The monoisotopic (exact) mass is 220 g/mol. The molecule has 5 heteroatoms. The van der Waals surface area contributed by atoms with Gasteiger partial charge in [0, 0.05) is 17.3 Å². The first-order valence-electron chi connectivity index (χ1n) is 4.68. The van der Waals surface area contributed by atoms with Crippen LogP contribution in [0.15, 0.2) is 18.6 Å². The Morgan fingerprint density at radius 3 is 2.80 bits per heavy atom. The lowest BCUT2D eigenvalue weighted by molar-refractivity contribution is 1.01. The van der Waals surface area contributed by atoms with Crippen LogP contribution in [0.5, 0.6) is 0 Å². The van der Waals surface area contributed by atoms with Crippen LogP contribution in [0, 0.1) is 13.8 Å². The topological polar surface area (TPSA) is 50.7 Å². The first-order chi connectivity index (χ1) is 7.25. The third kappa shape index (κ3) is 2.50. The van der Waals surface area contributed by atoms with Gasteiger partial charge in [-0.2, -0.15) is 0 Å². The van der Waals surface area contributed by atoms with E-state index in [2.05, 4.69) is 27.2 Å². The number of thiazole rings is 1. The number of rotatable bonds is 3. The lowest BCUT2D eigenvalue weighted by atomic mass is 10.4. The second-order valence-corrected chi connectivity index (χ2v) is 4.59. The zero-order chi connectivity index (χ0) is 10.7. The summed E-state index contributed by atoms with van der Waals surface area (Å²) in [5, 5.41) is 4.29. The largest absolute Gasteiger partial charge is 0.363 e. The van der Waals surface area contributed by atoms with Crippen molar-refractivity contribution in [1.29, 1.82) is 0 Å². The Morgan fingerprint density at radius 2 is 2.20 bits per heavy atom. The van der Waals surface area contributed by atoms with E-state index in [0.29, 0.717) is 6.54 Å². The lowest BCUT2D eigenvalue weighted by Crippen LogP contribution is -2.02. The van der Waals surface area contributed by atoms with Crippen molar-refractivity contribution in [3.8, 4) is 0 Å². The molecule has 0 saturated carbocycles. The van der Waals surface area contributed by atoms with Gasteiger partial charge in [0.05, 0.1) is 23.4 Å². The predicted octanol–water partition coefficient (Wildman–Crippen LogP) is 2.16. The van der Waals surface area contributed by atoms with Gasteiger partial charge in [-0.15, -0.1) is 11.3 Å². The molecule has 0 bridgehead atoms. The van der Waals surface area contributed by atoms with Crippen molar-refractivity contribution in [3.05, 3.63) is 34.2 Å². The van der Waals surface area contributed by atoms with Crippen molar-refractivity contribution >= 4 is 17.2 Å². The SMILES string of the molecule is Cc1nc(CNc2cnccn2)c(C)s1. The number of aromatic nitrogens is 3. The van der Waals surface area contributed by atoms with E-state index in [-0.39, 0.29) is 0 Å². The van der Waals surface area contributed by atoms with E-state index in [1.165, 1.54) is 4.88 Å². The van der Waals surface area contributed by atoms with Gasteiger partial charge in [-0.3, -0.25) is 4.98 Å². The van der Waals surface area contributed by atoms with Gasteiger partial charge in [-0.25, -0.2) is 9.97 Å². The number of aryl methyl sites for hydroxylation is 2. The lowest BCUT2D eigenvalue weighted by Gasteiger charge is -2.02. The van der Waals surface area contributed by atoms with Crippen molar-refractivity contribution in [2.75, 3.05) is 5.32 Å². The fraction of sp³-hybridized carbons (Fsp3) is 0.300. The van der Waals surface area contributed by atoms with E-state index < -0.39 is 0 Å². The zero-order valence-corrected chi connectivity index (χ0v) is 9.51. The Bertz CT molecular complexity index is 438. The van der Waals surface area contributed by atoms with E-state index in [4.69, 9.17) is 0 Å². The zero-order valence-electron chi connectivity index (χ0n) is 8.69. The Kier molecular flexibility index (Phi) is 2.91. The maximum atomic E-state index is 4.43. The molecule has 2 aromatic rings. The van der Waals surface area contributed by atoms with Crippen molar-refractivity contribution < 1.29 is 0 Å². The van der Waals surface area contributed by atoms with Crippen molar-refractivity contribution in [2.24, 2.45) is 0 Å². The molecule has 0 aromatic carbocycles. The molecule has 0 radical (unpaired) electrons. The fourth-order valence-electron chi connectivity index (χ4n) is 1.30. The van der Waals surface area contributed by atoms with Crippen LogP contribution in [0.3, 0.4) is 0 Å². The van der Waals surface area contributed by atoms with Gasteiger partial charge in [0.15, 0.2) is 0 Å². The number of nitrogens with one attached hydrogen (secondary N) is 1. The van der Waals surface area contributed by atoms with Crippen LogP contribution in [0.4, 0.5) is 5.82 Å². The minimum Gasteiger partial charge on any atom is -0.363 e. The van der Waals surface area contributed by atoms with E-state index >= 15 is 0 Å². The second kappa shape index (κ2) is 4.35. The third-order valence-corrected chi connectivity index (χ3v) is 2.93. The minimum absolute atomic E-state index is 0.703. The Labute approximate surface area is 92.4 Å². The average molecular weight is 220 g/mol. The smallest absolute Gasteiger partial charge is 0.144 e. The molecule has 2 aromatic heterocycles. The summed E-state index contributed by atoms with van der Waals surface area (Å²) in [6, 6.07) is 0. The molecule has 0 fully saturated rings. The molecular formula is C10H12N4S. The van der Waals surface area contributed by atoms with Crippen LogP contribution in [-0.4, -0.2) is 15.0 Å². The molecule has 2 rings (SSSR count). The molecule has 0 spiro atoms. The summed E-state index contributed by atoms with van der Waals surface area (Å²) in [7, 11) is 0. The highest BCUT2D eigenvalue weighted by Crippen LogP contribution is 2.16. The van der Waals surface area contributed by atoms with Gasteiger partial charge in [-0.05, 0) is 13.8 Å². The van der Waals surface area contributed by atoms with Crippen LogP contribution in [0.1, 0.15) is 15.6 Å². The summed E-state index contributed by atoms with van der Waals surface area (Å²) >= 11 is 1.72. The molecule has 2 heterocycles. The number of hydrogen-bond acceptors (Lipinski definition) is 5. The van der Waals surface area contributed by atoms with Gasteiger partial charge < -0.3 is 5.32 Å². The van der Waals surface area contributed by atoms with Gasteiger partial charge in [-0.1, -0.05) is 0 Å². The molecule has 0 saturated heterocycles. The van der Waals surface area contributed by atoms with Crippen molar-refractivity contribution in [2.45, 2.75) is 20.4 Å². The van der Waals surface area contributed by atoms with Crippen molar-refractivity contribution in [3.63, 3.8) is 0 Å². The molecule has 0 aliphatic heterocycles. The maximum Gasteiger partial charge on any atom is 0.144 e. The molecular weight excluding hydrogens is 208 g/mol. The van der Waals surface area contributed by atoms with E-state index in [9.17, 15) is 0 Å². The molecule has 78 valence electrons. The molecule has 4 nitrogen and oxygen atoms in total. The molecule has 1 N–H and O–H groups in total.